The summed E-state index contributed by atoms with van der Waals surface area (Å²) in [5, 5.41) is 11.0. The van der Waals surface area contributed by atoms with Crippen LogP contribution in [-0.4, -0.2) is 54.0 Å². The average Bonchev–Trinajstić information content (AvgIpc) is 2.57. The Labute approximate surface area is 103 Å². The molecule has 0 aliphatic carbocycles. The van der Waals surface area contributed by atoms with Crippen molar-refractivity contribution in [3.8, 4) is 0 Å². The highest BCUT2D eigenvalue weighted by Gasteiger charge is 2.56. The summed E-state index contributed by atoms with van der Waals surface area (Å²) >= 11 is 0. The van der Waals surface area contributed by atoms with E-state index in [4.69, 9.17) is 10.5 Å². The Hall–Kier alpha value is -0.160. The molecule has 0 radical (unpaired) electrons. The van der Waals surface area contributed by atoms with Gasteiger partial charge in [-0.2, -0.15) is 0 Å². The molecule has 4 aliphatic rings. The summed E-state index contributed by atoms with van der Waals surface area (Å²) in [5.74, 6) is 0.496. The third kappa shape index (κ3) is 1.82. The zero-order valence-corrected chi connectivity index (χ0v) is 10.5. The Bertz CT molecular complexity index is 281. The van der Waals surface area contributed by atoms with Crippen molar-refractivity contribution in [3.63, 3.8) is 0 Å². The summed E-state index contributed by atoms with van der Waals surface area (Å²) in [5.41, 5.74) is 5.55. The molecule has 4 nitrogen and oxygen atoms in total. The van der Waals surface area contributed by atoms with Crippen molar-refractivity contribution >= 4 is 0 Å². The normalized spacial score (nSPS) is 51.2. The van der Waals surface area contributed by atoms with E-state index in [-0.39, 0.29) is 0 Å². The Kier molecular flexibility index (Phi) is 2.94. The predicted octanol–water partition coefficient (Wildman–Crippen LogP) is 0.341. The molecule has 0 spiro atoms. The lowest BCUT2D eigenvalue weighted by atomic mass is 9.62. The van der Waals surface area contributed by atoms with Crippen LogP contribution in [0, 0.1) is 5.92 Å². The molecule has 4 heteroatoms. The monoisotopic (exact) mass is 240 g/mol. The van der Waals surface area contributed by atoms with E-state index in [0.29, 0.717) is 18.9 Å². The van der Waals surface area contributed by atoms with Gasteiger partial charge in [-0.3, -0.25) is 0 Å². The van der Waals surface area contributed by atoms with Crippen LogP contribution in [0.5, 0.6) is 0 Å². The molecule has 4 aliphatic heterocycles. The van der Waals surface area contributed by atoms with Crippen LogP contribution in [0.2, 0.25) is 0 Å². The molecule has 17 heavy (non-hydrogen) atoms. The van der Waals surface area contributed by atoms with Crippen molar-refractivity contribution in [1.29, 1.82) is 0 Å². The first kappa shape index (κ1) is 11.9. The highest BCUT2D eigenvalue weighted by molar-refractivity contribution is 5.13. The number of rotatable bonds is 1. The fraction of sp³-hybridized carbons (Fsp3) is 1.00. The molecule has 0 aromatic heterocycles. The minimum absolute atomic E-state index is 0.406. The van der Waals surface area contributed by atoms with Crippen LogP contribution in [0.3, 0.4) is 0 Å². The molecule has 4 saturated heterocycles. The van der Waals surface area contributed by atoms with E-state index in [1.54, 1.807) is 0 Å². The van der Waals surface area contributed by atoms with E-state index in [9.17, 15) is 5.11 Å². The van der Waals surface area contributed by atoms with E-state index in [2.05, 4.69) is 4.90 Å². The predicted molar refractivity (Wildman–Crippen MR) is 65.7 cm³/mol. The van der Waals surface area contributed by atoms with Crippen molar-refractivity contribution in [1.82, 2.24) is 4.90 Å². The van der Waals surface area contributed by atoms with Gasteiger partial charge in [0.25, 0.3) is 0 Å². The zero-order chi connectivity index (χ0) is 11.9. The van der Waals surface area contributed by atoms with Gasteiger partial charge < -0.3 is 20.5 Å². The molecule has 4 fully saturated rings. The van der Waals surface area contributed by atoms with Gasteiger partial charge in [0.1, 0.15) is 0 Å². The van der Waals surface area contributed by atoms with Crippen LogP contribution in [0.15, 0.2) is 0 Å². The average molecular weight is 240 g/mol. The van der Waals surface area contributed by atoms with Gasteiger partial charge in [-0.25, -0.2) is 0 Å². The largest absolute Gasteiger partial charge is 0.388 e. The van der Waals surface area contributed by atoms with Gasteiger partial charge in [0.2, 0.25) is 0 Å². The van der Waals surface area contributed by atoms with Crippen molar-refractivity contribution < 1.29 is 9.84 Å². The van der Waals surface area contributed by atoms with Crippen LogP contribution in [0.25, 0.3) is 0 Å². The van der Waals surface area contributed by atoms with E-state index in [0.717, 1.165) is 51.9 Å². The summed E-state index contributed by atoms with van der Waals surface area (Å²) < 4.78 is 5.48. The minimum atomic E-state index is -0.715. The Morgan fingerprint density at radius 1 is 1.18 bits per heavy atom. The summed E-state index contributed by atoms with van der Waals surface area (Å²) in [6.45, 7) is 4.62. The molecule has 4 rings (SSSR count). The number of fused-ring (bicyclic) bond motifs is 3. The van der Waals surface area contributed by atoms with E-state index in [1.165, 1.54) is 0 Å². The number of nitrogens with zero attached hydrogens (tertiary/aromatic N) is 1. The lowest BCUT2D eigenvalue weighted by Gasteiger charge is -2.58. The maximum atomic E-state index is 11.0. The minimum Gasteiger partial charge on any atom is -0.388 e. The number of hydrogen-bond acceptors (Lipinski definition) is 4. The van der Waals surface area contributed by atoms with Crippen molar-refractivity contribution in [2.75, 3.05) is 32.8 Å². The van der Waals surface area contributed by atoms with Crippen molar-refractivity contribution in [2.45, 2.75) is 43.2 Å². The van der Waals surface area contributed by atoms with E-state index < -0.39 is 11.1 Å². The summed E-state index contributed by atoms with van der Waals surface area (Å²) in [7, 11) is 0. The molecule has 98 valence electrons. The number of nitrogens with two attached hydrogens (primary N) is 1. The number of piperidine rings is 3. The fourth-order valence-electron chi connectivity index (χ4n) is 4.03. The first-order valence-corrected chi connectivity index (χ1v) is 6.95. The molecule has 4 heterocycles. The Morgan fingerprint density at radius 3 is 2.59 bits per heavy atom. The Balaban J connectivity index is 1.85. The second kappa shape index (κ2) is 4.19. The number of aliphatic hydroxyl groups is 1. The first-order valence-electron chi connectivity index (χ1n) is 6.95. The highest BCUT2D eigenvalue weighted by Crippen LogP contribution is 2.44. The van der Waals surface area contributed by atoms with Gasteiger partial charge in [0, 0.05) is 26.2 Å². The number of ether oxygens (including phenoxy) is 1. The second-order valence-electron chi connectivity index (χ2n) is 6.09. The summed E-state index contributed by atoms with van der Waals surface area (Å²) in [6.07, 6.45) is 4.74. The summed E-state index contributed by atoms with van der Waals surface area (Å²) in [6, 6.07) is 0. The van der Waals surface area contributed by atoms with Crippen molar-refractivity contribution in [2.24, 2.45) is 11.7 Å². The lowest BCUT2D eigenvalue weighted by Crippen LogP contribution is -2.74. The maximum Gasteiger partial charge on any atom is 0.0864 e. The van der Waals surface area contributed by atoms with Gasteiger partial charge >= 0.3 is 0 Å². The molecule has 0 saturated carbocycles. The highest BCUT2D eigenvalue weighted by atomic mass is 16.5. The second-order valence-corrected chi connectivity index (χ2v) is 6.09. The van der Waals surface area contributed by atoms with Gasteiger partial charge in [0.15, 0.2) is 0 Å². The Morgan fingerprint density at radius 2 is 1.94 bits per heavy atom. The quantitative estimate of drug-likeness (QED) is 0.694. The molecule has 0 aromatic carbocycles. The standard InChI is InChI=1S/C13H24N2O2/c14-13(10-15-6-2-11(13)3-7-15)12(16)4-1-8-17-9-5-12/h11,16H,1-10,14H2. The third-order valence-electron chi connectivity index (χ3n) is 5.21. The zero-order valence-electron chi connectivity index (χ0n) is 10.5. The van der Waals surface area contributed by atoms with Gasteiger partial charge in [-0.05, 0) is 44.7 Å². The maximum absolute atomic E-state index is 11.0. The molecular formula is C13H24N2O2. The van der Waals surface area contributed by atoms with Crippen LogP contribution in [-0.2, 0) is 4.74 Å². The molecule has 0 aromatic rings. The number of hydrogen-bond donors (Lipinski definition) is 2. The van der Waals surface area contributed by atoms with Crippen LogP contribution < -0.4 is 5.73 Å². The van der Waals surface area contributed by atoms with E-state index >= 15 is 0 Å². The topological polar surface area (TPSA) is 58.7 Å². The molecule has 2 atom stereocenters. The van der Waals surface area contributed by atoms with Gasteiger partial charge in [0.05, 0.1) is 11.1 Å². The molecule has 3 N–H and O–H groups in total. The molecular weight excluding hydrogens is 216 g/mol. The van der Waals surface area contributed by atoms with Crippen LogP contribution in [0.1, 0.15) is 32.1 Å². The van der Waals surface area contributed by atoms with Gasteiger partial charge in [-0.1, -0.05) is 0 Å². The summed E-state index contributed by atoms with van der Waals surface area (Å²) in [4.78, 5) is 2.42. The van der Waals surface area contributed by atoms with Crippen LogP contribution >= 0.6 is 0 Å². The smallest absolute Gasteiger partial charge is 0.0864 e. The molecule has 0 amide bonds. The van der Waals surface area contributed by atoms with Crippen LogP contribution in [0.4, 0.5) is 0 Å². The SMILES string of the molecule is NC1(C2(O)CCCOCC2)CN2CCC1CC2. The van der Waals surface area contributed by atoms with E-state index in [1.807, 2.05) is 0 Å². The lowest BCUT2D eigenvalue weighted by molar-refractivity contribution is -0.123. The molecule has 2 bridgehead atoms. The fourth-order valence-corrected chi connectivity index (χ4v) is 4.03. The molecule has 2 unspecified atom stereocenters. The van der Waals surface area contributed by atoms with Gasteiger partial charge in [-0.15, -0.1) is 0 Å². The third-order valence-corrected chi connectivity index (χ3v) is 5.21. The van der Waals surface area contributed by atoms with Crippen molar-refractivity contribution in [3.05, 3.63) is 0 Å². The first-order chi connectivity index (χ1) is 8.14.